The smallest absolute Gasteiger partial charge is 0.226 e. The van der Waals surface area contributed by atoms with Gasteiger partial charge in [-0.15, -0.1) is 0 Å². The molecule has 17 heavy (non-hydrogen) atoms. The Morgan fingerprint density at radius 3 is 2.12 bits per heavy atom. The zero-order valence-electron chi connectivity index (χ0n) is 11.6. The summed E-state index contributed by atoms with van der Waals surface area (Å²) in [7, 11) is 0. The lowest BCUT2D eigenvalue weighted by Gasteiger charge is -2.36. The van der Waals surface area contributed by atoms with Crippen LogP contribution in [0.1, 0.15) is 65.7 Å². The molecule has 0 bridgehead atoms. The van der Waals surface area contributed by atoms with E-state index in [2.05, 4.69) is 26.1 Å². The molecule has 3 heteroatoms. The first kappa shape index (κ1) is 14.5. The van der Waals surface area contributed by atoms with E-state index in [9.17, 15) is 4.79 Å². The van der Waals surface area contributed by atoms with E-state index in [1.54, 1.807) is 0 Å². The maximum atomic E-state index is 12.5. The van der Waals surface area contributed by atoms with Crippen LogP contribution in [0.4, 0.5) is 0 Å². The molecule has 0 radical (unpaired) electrons. The molecular weight excluding hydrogens is 212 g/mol. The summed E-state index contributed by atoms with van der Waals surface area (Å²) in [6.45, 7) is 6.87. The van der Waals surface area contributed by atoms with Crippen LogP contribution in [0.25, 0.3) is 0 Å². The van der Waals surface area contributed by atoms with Gasteiger partial charge in [-0.05, 0) is 32.1 Å². The molecule has 0 aliphatic heterocycles. The van der Waals surface area contributed by atoms with Crippen LogP contribution < -0.4 is 11.1 Å². The number of carbonyl (C=O) groups excluding carboxylic acids is 1. The molecule has 1 aliphatic rings. The Balaban J connectivity index is 2.75. The van der Waals surface area contributed by atoms with Crippen molar-refractivity contribution in [3.8, 4) is 0 Å². The molecule has 0 aromatic carbocycles. The molecule has 0 atom stereocenters. The van der Waals surface area contributed by atoms with Gasteiger partial charge in [-0.1, -0.05) is 33.6 Å². The highest BCUT2D eigenvalue weighted by Gasteiger charge is 2.41. The average molecular weight is 240 g/mol. The molecule has 0 unspecified atom stereocenters. The quantitative estimate of drug-likeness (QED) is 0.750. The Kier molecular flexibility index (Phi) is 4.99. The predicted octanol–water partition coefficient (Wildman–Crippen LogP) is 2.59. The SMILES string of the molecule is CCC(CC)(CN)NC(=O)C1(CC)CCCC1. The second-order valence-electron chi connectivity index (χ2n) is 5.49. The van der Waals surface area contributed by atoms with E-state index in [1.807, 2.05) is 0 Å². The predicted molar refractivity (Wildman–Crippen MR) is 71.7 cm³/mol. The molecule has 100 valence electrons. The van der Waals surface area contributed by atoms with Crippen molar-refractivity contribution in [2.45, 2.75) is 71.3 Å². The molecule has 3 nitrogen and oxygen atoms in total. The minimum Gasteiger partial charge on any atom is -0.349 e. The summed E-state index contributed by atoms with van der Waals surface area (Å²) in [4.78, 5) is 12.5. The number of nitrogens with one attached hydrogen (secondary N) is 1. The standard InChI is InChI=1S/C14H28N2O/c1-4-13(9-7-8-10-13)12(17)16-14(5-2,6-3)11-15/h4-11,15H2,1-3H3,(H,16,17). The van der Waals surface area contributed by atoms with E-state index in [0.29, 0.717) is 6.54 Å². The van der Waals surface area contributed by atoms with Gasteiger partial charge in [0.15, 0.2) is 0 Å². The summed E-state index contributed by atoms with van der Waals surface area (Å²) in [5.74, 6) is 0.242. The van der Waals surface area contributed by atoms with Crippen molar-refractivity contribution in [1.29, 1.82) is 0 Å². The van der Waals surface area contributed by atoms with Crippen LogP contribution in [0.2, 0.25) is 0 Å². The molecule has 3 N–H and O–H groups in total. The lowest BCUT2D eigenvalue weighted by atomic mass is 9.80. The third-order valence-corrected chi connectivity index (χ3v) is 4.84. The van der Waals surface area contributed by atoms with Crippen molar-refractivity contribution in [2.24, 2.45) is 11.1 Å². The van der Waals surface area contributed by atoms with Gasteiger partial charge in [-0.3, -0.25) is 4.79 Å². The molecule has 0 spiro atoms. The zero-order chi connectivity index (χ0) is 12.9. The molecule has 1 rings (SSSR count). The maximum Gasteiger partial charge on any atom is 0.226 e. The van der Waals surface area contributed by atoms with Gasteiger partial charge in [0, 0.05) is 12.0 Å². The van der Waals surface area contributed by atoms with Gasteiger partial charge in [0.25, 0.3) is 0 Å². The lowest BCUT2D eigenvalue weighted by Crippen LogP contribution is -2.56. The molecule has 0 aromatic heterocycles. The average Bonchev–Trinajstić information content (AvgIpc) is 2.86. The minimum absolute atomic E-state index is 0.106. The van der Waals surface area contributed by atoms with Crippen molar-refractivity contribution < 1.29 is 4.79 Å². The number of nitrogens with two attached hydrogens (primary N) is 1. The fourth-order valence-electron chi connectivity index (χ4n) is 2.93. The summed E-state index contributed by atoms with van der Waals surface area (Å²) in [6, 6.07) is 0. The third kappa shape index (κ3) is 2.82. The van der Waals surface area contributed by atoms with Gasteiger partial charge in [0.1, 0.15) is 0 Å². The Labute approximate surface area is 106 Å². The van der Waals surface area contributed by atoms with Gasteiger partial charge < -0.3 is 11.1 Å². The van der Waals surface area contributed by atoms with E-state index < -0.39 is 0 Å². The van der Waals surface area contributed by atoms with Gasteiger partial charge in [0.05, 0.1) is 5.54 Å². The summed E-state index contributed by atoms with van der Waals surface area (Å²) in [5, 5.41) is 3.25. The largest absolute Gasteiger partial charge is 0.349 e. The second kappa shape index (κ2) is 5.85. The molecule has 0 aromatic rings. The molecule has 0 saturated heterocycles. The first-order valence-corrected chi connectivity index (χ1v) is 7.11. The first-order chi connectivity index (χ1) is 8.08. The molecule has 1 aliphatic carbocycles. The fraction of sp³-hybridized carbons (Fsp3) is 0.929. The number of amides is 1. The monoisotopic (exact) mass is 240 g/mol. The summed E-state index contributed by atoms with van der Waals surface area (Å²) >= 11 is 0. The van der Waals surface area contributed by atoms with Crippen molar-refractivity contribution >= 4 is 5.91 Å². The van der Waals surface area contributed by atoms with E-state index in [0.717, 1.165) is 32.1 Å². The van der Waals surface area contributed by atoms with Crippen molar-refractivity contribution in [2.75, 3.05) is 6.54 Å². The Bertz CT molecular complexity index is 245. The molecule has 1 fully saturated rings. The van der Waals surface area contributed by atoms with Crippen molar-refractivity contribution in [3.63, 3.8) is 0 Å². The number of carbonyl (C=O) groups is 1. The van der Waals surface area contributed by atoms with Crippen molar-refractivity contribution in [1.82, 2.24) is 5.32 Å². The van der Waals surface area contributed by atoms with Crippen LogP contribution in [0.3, 0.4) is 0 Å². The van der Waals surface area contributed by atoms with E-state index in [1.165, 1.54) is 12.8 Å². The number of rotatable bonds is 6. The third-order valence-electron chi connectivity index (χ3n) is 4.84. The molecule has 1 amide bonds. The topological polar surface area (TPSA) is 55.1 Å². The Hall–Kier alpha value is -0.570. The molecule has 1 saturated carbocycles. The van der Waals surface area contributed by atoms with Crippen LogP contribution >= 0.6 is 0 Å². The van der Waals surface area contributed by atoms with E-state index >= 15 is 0 Å². The summed E-state index contributed by atoms with van der Waals surface area (Å²) < 4.78 is 0. The highest BCUT2D eigenvalue weighted by atomic mass is 16.2. The second-order valence-corrected chi connectivity index (χ2v) is 5.49. The maximum absolute atomic E-state index is 12.5. The zero-order valence-corrected chi connectivity index (χ0v) is 11.6. The van der Waals surface area contributed by atoms with Gasteiger partial charge in [0.2, 0.25) is 5.91 Å². The summed E-state index contributed by atoms with van der Waals surface area (Å²) in [6.07, 6.45) is 7.24. The van der Waals surface area contributed by atoms with Gasteiger partial charge in [-0.2, -0.15) is 0 Å². The highest BCUT2D eigenvalue weighted by Crippen LogP contribution is 2.41. The van der Waals surface area contributed by atoms with Crippen LogP contribution in [-0.2, 0) is 4.79 Å². The van der Waals surface area contributed by atoms with Gasteiger partial charge in [-0.25, -0.2) is 0 Å². The fourth-order valence-corrected chi connectivity index (χ4v) is 2.93. The van der Waals surface area contributed by atoms with Crippen LogP contribution in [-0.4, -0.2) is 18.0 Å². The minimum atomic E-state index is -0.193. The van der Waals surface area contributed by atoms with E-state index in [4.69, 9.17) is 5.73 Å². The van der Waals surface area contributed by atoms with E-state index in [-0.39, 0.29) is 16.9 Å². The van der Waals surface area contributed by atoms with Crippen LogP contribution in [0.5, 0.6) is 0 Å². The Morgan fingerprint density at radius 1 is 1.24 bits per heavy atom. The molecule has 0 heterocycles. The first-order valence-electron chi connectivity index (χ1n) is 7.11. The normalized spacial score (nSPS) is 19.3. The number of hydrogen-bond acceptors (Lipinski definition) is 2. The summed E-state index contributed by atoms with van der Waals surface area (Å²) in [5.41, 5.74) is 5.55. The van der Waals surface area contributed by atoms with Crippen LogP contribution in [0.15, 0.2) is 0 Å². The number of hydrogen-bond donors (Lipinski definition) is 2. The van der Waals surface area contributed by atoms with Gasteiger partial charge >= 0.3 is 0 Å². The lowest BCUT2D eigenvalue weighted by molar-refractivity contribution is -0.133. The Morgan fingerprint density at radius 2 is 1.76 bits per heavy atom. The van der Waals surface area contributed by atoms with Crippen LogP contribution in [0, 0.1) is 5.41 Å². The van der Waals surface area contributed by atoms with Crippen molar-refractivity contribution in [3.05, 3.63) is 0 Å². The highest BCUT2D eigenvalue weighted by molar-refractivity contribution is 5.83. The molecular formula is C14H28N2O.